The molecule has 244 valence electrons. The van der Waals surface area contributed by atoms with Crippen molar-refractivity contribution in [2.45, 2.75) is 51.9 Å². The molecular formula is C41H35N9. The van der Waals surface area contributed by atoms with Crippen LogP contribution in [0, 0.1) is 13.8 Å². The van der Waals surface area contributed by atoms with Crippen molar-refractivity contribution in [2.75, 3.05) is 0 Å². The lowest BCUT2D eigenvalue weighted by Gasteiger charge is -2.21. The molecule has 1 saturated carbocycles. The Morgan fingerprint density at radius 3 is 1.22 bits per heavy atom. The fourth-order valence-electron chi connectivity index (χ4n) is 6.44. The third kappa shape index (κ3) is 6.75. The molecule has 9 nitrogen and oxygen atoms in total. The maximum Gasteiger partial charge on any atom is 0.164 e. The van der Waals surface area contributed by atoms with Crippen LogP contribution in [0.15, 0.2) is 109 Å². The van der Waals surface area contributed by atoms with Gasteiger partial charge in [0.15, 0.2) is 34.9 Å². The molecule has 3 heterocycles. The van der Waals surface area contributed by atoms with Gasteiger partial charge in [-0.05, 0) is 32.8 Å². The van der Waals surface area contributed by atoms with Crippen LogP contribution in [0.25, 0.3) is 68.3 Å². The van der Waals surface area contributed by atoms with Gasteiger partial charge in [0.2, 0.25) is 0 Å². The van der Waals surface area contributed by atoms with Crippen LogP contribution in [0.2, 0.25) is 0 Å². The summed E-state index contributed by atoms with van der Waals surface area (Å²) in [6, 6.07) is 36.2. The second-order valence-corrected chi connectivity index (χ2v) is 12.6. The van der Waals surface area contributed by atoms with E-state index in [9.17, 15) is 0 Å². The Balaban J connectivity index is 1.19. The summed E-state index contributed by atoms with van der Waals surface area (Å²) in [6.07, 6.45) is 5.91. The number of rotatable bonds is 7. The molecule has 0 N–H and O–H groups in total. The molecule has 0 radical (unpaired) electrons. The molecule has 0 amide bonds. The summed E-state index contributed by atoms with van der Waals surface area (Å²) in [7, 11) is 0. The number of hydrogen-bond acceptors (Lipinski definition) is 9. The van der Waals surface area contributed by atoms with Gasteiger partial charge in [-0.15, -0.1) is 0 Å². The molecule has 0 spiro atoms. The SMILES string of the molecule is Cc1nc(C)nc(-c2cccc(-c3nc(-c4ccccc4)nc(-c4ccc(-c5nc(-c6ccccc6)nc(C6CCCCC6)n5)cc4)n3)c2)n1. The van der Waals surface area contributed by atoms with Crippen LogP contribution in [-0.2, 0) is 0 Å². The van der Waals surface area contributed by atoms with E-state index in [4.69, 9.17) is 29.9 Å². The van der Waals surface area contributed by atoms with Crippen LogP contribution in [0.5, 0.6) is 0 Å². The molecule has 9 heteroatoms. The molecule has 4 aromatic carbocycles. The summed E-state index contributed by atoms with van der Waals surface area (Å²) in [5, 5.41) is 0. The van der Waals surface area contributed by atoms with Gasteiger partial charge in [0, 0.05) is 39.3 Å². The van der Waals surface area contributed by atoms with Crippen molar-refractivity contribution in [1.82, 2.24) is 44.9 Å². The standard InChI is InChI=1S/C41H35N9/c1-26-42-27(2)44-40(43-26)33-19-12-20-34(25-33)41-49-37(30-17-10-5-11-18-30)48-39(50-41)32-23-21-31(22-24-32)38-46-35(28-13-6-3-7-14-28)45-36(47-38)29-15-8-4-9-16-29/h3,5-7,10-14,17-25,29H,4,8-9,15-16H2,1-2H3. The second kappa shape index (κ2) is 13.8. The second-order valence-electron chi connectivity index (χ2n) is 12.6. The quantitative estimate of drug-likeness (QED) is 0.166. The lowest BCUT2D eigenvalue weighted by Crippen LogP contribution is -2.11. The van der Waals surface area contributed by atoms with E-state index >= 15 is 0 Å². The van der Waals surface area contributed by atoms with Crippen molar-refractivity contribution < 1.29 is 0 Å². The van der Waals surface area contributed by atoms with Crippen LogP contribution in [0.3, 0.4) is 0 Å². The summed E-state index contributed by atoms with van der Waals surface area (Å²) in [4.78, 5) is 43.3. The molecule has 1 fully saturated rings. The van der Waals surface area contributed by atoms with Gasteiger partial charge in [-0.2, -0.15) is 0 Å². The Morgan fingerprint density at radius 2 is 0.740 bits per heavy atom. The van der Waals surface area contributed by atoms with Gasteiger partial charge in [-0.25, -0.2) is 44.9 Å². The van der Waals surface area contributed by atoms with Crippen molar-refractivity contribution >= 4 is 0 Å². The Labute approximate surface area is 291 Å². The zero-order valence-electron chi connectivity index (χ0n) is 28.0. The first kappa shape index (κ1) is 31.2. The summed E-state index contributed by atoms with van der Waals surface area (Å²) in [5.41, 5.74) is 5.37. The number of aryl methyl sites for hydroxylation is 2. The van der Waals surface area contributed by atoms with Crippen LogP contribution in [0.1, 0.15) is 55.5 Å². The highest BCUT2D eigenvalue weighted by molar-refractivity contribution is 5.71. The normalized spacial score (nSPS) is 13.3. The Bertz CT molecular complexity index is 2250. The smallest absolute Gasteiger partial charge is 0.164 e. The van der Waals surface area contributed by atoms with E-state index in [-0.39, 0.29) is 0 Å². The van der Waals surface area contributed by atoms with Gasteiger partial charge < -0.3 is 0 Å². The molecule has 0 atom stereocenters. The van der Waals surface area contributed by atoms with Crippen molar-refractivity contribution in [2.24, 2.45) is 0 Å². The van der Waals surface area contributed by atoms with Crippen LogP contribution >= 0.6 is 0 Å². The van der Waals surface area contributed by atoms with Crippen molar-refractivity contribution in [1.29, 1.82) is 0 Å². The molecule has 50 heavy (non-hydrogen) atoms. The maximum absolute atomic E-state index is 5.03. The first-order valence-electron chi connectivity index (χ1n) is 17.1. The van der Waals surface area contributed by atoms with Crippen LogP contribution in [-0.4, -0.2) is 44.9 Å². The average Bonchev–Trinajstić information content (AvgIpc) is 3.18. The minimum Gasteiger partial charge on any atom is -0.219 e. The van der Waals surface area contributed by atoms with Gasteiger partial charge in [-0.1, -0.05) is 122 Å². The summed E-state index contributed by atoms with van der Waals surface area (Å²) < 4.78 is 0. The highest BCUT2D eigenvalue weighted by atomic mass is 15.1. The third-order valence-corrected chi connectivity index (χ3v) is 8.96. The number of nitrogens with zero attached hydrogens (tertiary/aromatic N) is 9. The van der Waals surface area contributed by atoms with Gasteiger partial charge in [0.05, 0.1) is 0 Å². The summed E-state index contributed by atoms with van der Waals surface area (Å²) >= 11 is 0. The largest absolute Gasteiger partial charge is 0.219 e. The maximum atomic E-state index is 5.03. The Kier molecular flexibility index (Phi) is 8.61. The van der Waals surface area contributed by atoms with E-state index < -0.39 is 0 Å². The Hall–Kier alpha value is -6.09. The fraction of sp³-hybridized carbons (Fsp3) is 0.195. The van der Waals surface area contributed by atoms with Gasteiger partial charge in [0.1, 0.15) is 17.5 Å². The van der Waals surface area contributed by atoms with E-state index in [1.54, 1.807) is 0 Å². The molecule has 0 aliphatic heterocycles. The Morgan fingerprint density at radius 1 is 0.360 bits per heavy atom. The predicted octanol–water partition coefficient (Wildman–Crippen LogP) is 8.91. The van der Waals surface area contributed by atoms with Crippen molar-refractivity contribution in [3.05, 3.63) is 127 Å². The molecule has 0 bridgehead atoms. The molecule has 8 rings (SSSR count). The minimum absolute atomic E-state index is 0.351. The molecular weight excluding hydrogens is 619 g/mol. The molecule has 1 aliphatic rings. The van der Waals surface area contributed by atoms with E-state index in [1.807, 2.05) is 111 Å². The summed E-state index contributed by atoms with van der Waals surface area (Å²) in [6.45, 7) is 3.74. The first-order chi connectivity index (χ1) is 24.6. The molecule has 1 aliphatic carbocycles. The van der Waals surface area contributed by atoms with Crippen molar-refractivity contribution in [3.63, 3.8) is 0 Å². The number of hydrogen-bond donors (Lipinski definition) is 0. The average molecular weight is 654 g/mol. The molecule has 3 aromatic heterocycles. The minimum atomic E-state index is 0.351. The summed E-state index contributed by atoms with van der Waals surface area (Å²) in [5.74, 6) is 6.31. The zero-order chi connectivity index (χ0) is 33.9. The first-order valence-corrected chi connectivity index (χ1v) is 17.1. The topological polar surface area (TPSA) is 116 Å². The van der Waals surface area contributed by atoms with Crippen LogP contribution in [0.4, 0.5) is 0 Å². The van der Waals surface area contributed by atoms with Crippen LogP contribution < -0.4 is 0 Å². The monoisotopic (exact) mass is 653 g/mol. The molecule has 7 aromatic rings. The van der Waals surface area contributed by atoms with E-state index in [0.717, 1.165) is 52.0 Å². The van der Waals surface area contributed by atoms with E-state index in [2.05, 4.69) is 27.1 Å². The van der Waals surface area contributed by atoms with Crippen molar-refractivity contribution in [3.8, 4) is 68.3 Å². The number of aromatic nitrogens is 9. The van der Waals surface area contributed by atoms with Gasteiger partial charge in [0.25, 0.3) is 0 Å². The third-order valence-electron chi connectivity index (χ3n) is 8.96. The molecule has 0 unspecified atom stereocenters. The predicted molar refractivity (Wildman–Crippen MR) is 195 cm³/mol. The zero-order valence-corrected chi connectivity index (χ0v) is 28.0. The lowest BCUT2D eigenvalue weighted by atomic mass is 9.88. The van der Waals surface area contributed by atoms with E-state index in [1.165, 1.54) is 19.3 Å². The fourth-order valence-corrected chi connectivity index (χ4v) is 6.44. The highest BCUT2D eigenvalue weighted by Crippen LogP contribution is 2.33. The van der Waals surface area contributed by atoms with E-state index in [0.29, 0.717) is 52.5 Å². The van der Waals surface area contributed by atoms with Gasteiger partial charge in [-0.3, -0.25) is 0 Å². The number of benzene rings is 4. The molecule has 0 saturated heterocycles. The van der Waals surface area contributed by atoms with Gasteiger partial charge >= 0.3 is 0 Å². The highest BCUT2D eigenvalue weighted by Gasteiger charge is 2.21. The lowest BCUT2D eigenvalue weighted by molar-refractivity contribution is 0.428.